The molecule has 2 heterocycles. The smallest absolute Gasteiger partial charge is 0.271 e. The maximum absolute atomic E-state index is 12.2. The van der Waals surface area contributed by atoms with Crippen molar-refractivity contribution in [2.75, 3.05) is 18.1 Å². The third-order valence-electron chi connectivity index (χ3n) is 5.05. The van der Waals surface area contributed by atoms with E-state index in [0.29, 0.717) is 23.6 Å². The zero-order valence-corrected chi connectivity index (χ0v) is 15.9. The Balaban J connectivity index is 1.68. The zero-order valence-electron chi connectivity index (χ0n) is 15.9. The second-order valence-electron chi connectivity index (χ2n) is 7.04. The summed E-state index contributed by atoms with van der Waals surface area (Å²) in [6.07, 6.45) is 2.19. The molecule has 0 saturated heterocycles. The molecule has 0 radical (unpaired) electrons. The highest BCUT2D eigenvalue weighted by Crippen LogP contribution is 2.38. The van der Waals surface area contributed by atoms with Crippen LogP contribution in [0.25, 0.3) is 22.0 Å². The number of pyridine rings is 1. The van der Waals surface area contributed by atoms with Crippen molar-refractivity contribution in [1.82, 2.24) is 20.1 Å². The van der Waals surface area contributed by atoms with Crippen LogP contribution in [0.1, 0.15) is 16.9 Å². The van der Waals surface area contributed by atoms with Crippen LogP contribution in [0.5, 0.6) is 0 Å². The van der Waals surface area contributed by atoms with Gasteiger partial charge >= 0.3 is 0 Å². The lowest BCUT2D eigenvalue weighted by atomic mass is 10.0. The number of nitrogens with one attached hydrogen (secondary N) is 2. The van der Waals surface area contributed by atoms with E-state index in [4.69, 9.17) is 11.0 Å². The van der Waals surface area contributed by atoms with Crippen molar-refractivity contribution in [2.45, 2.75) is 6.42 Å². The lowest BCUT2D eigenvalue weighted by Gasteiger charge is -2.09. The molecule has 1 aliphatic rings. The van der Waals surface area contributed by atoms with E-state index in [1.54, 1.807) is 43.2 Å². The summed E-state index contributed by atoms with van der Waals surface area (Å²) in [5.74, 6) is -0.554. The van der Waals surface area contributed by atoms with Gasteiger partial charge in [-0.25, -0.2) is 4.98 Å². The van der Waals surface area contributed by atoms with Gasteiger partial charge in [0, 0.05) is 36.9 Å². The number of rotatable bonds is 4. The van der Waals surface area contributed by atoms with Gasteiger partial charge in [-0.1, -0.05) is 0 Å². The Labute approximate surface area is 166 Å². The third kappa shape index (κ3) is 3.36. The van der Waals surface area contributed by atoms with E-state index in [2.05, 4.69) is 26.8 Å². The van der Waals surface area contributed by atoms with Crippen LogP contribution in [-0.2, 0) is 11.8 Å². The lowest BCUT2D eigenvalue weighted by Crippen LogP contribution is -2.18. The van der Waals surface area contributed by atoms with E-state index < -0.39 is 0 Å². The molecule has 1 aliphatic carbocycles. The van der Waals surface area contributed by atoms with Crippen LogP contribution in [0.2, 0.25) is 0 Å². The number of amides is 2. The SMILES string of the molecule is CNC(=O)c1cc(-c2cc(N)c3cnc(NC(=O)[C@H]4C[C@@H]4C#N)cc3c2)n(C)n1. The van der Waals surface area contributed by atoms with E-state index in [-0.39, 0.29) is 23.7 Å². The van der Waals surface area contributed by atoms with Crippen molar-refractivity contribution in [3.63, 3.8) is 0 Å². The van der Waals surface area contributed by atoms with Crippen LogP contribution in [0.15, 0.2) is 30.5 Å². The highest BCUT2D eigenvalue weighted by molar-refractivity contribution is 6.00. The first-order valence-electron chi connectivity index (χ1n) is 9.07. The van der Waals surface area contributed by atoms with Gasteiger partial charge in [-0.3, -0.25) is 14.3 Å². The van der Waals surface area contributed by atoms with E-state index >= 15 is 0 Å². The average molecular weight is 389 g/mol. The highest BCUT2D eigenvalue weighted by Gasteiger charge is 2.43. The topological polar surface area (TPSA) is 139 Å². The molecule has 2 amide bonds. The normalized spacial score (nSPS) is 17.6. The second kappa shape index (κ2) is 6.91. The number of nitrogens with zero attached hydrogens (tertiary/aromatic N) is 4. The summed E-state index contributed by atoms with van der Waals surface area (Å²) < 4.78 is 1.62. The van der Waals surface area contributed by atoms with Gasteiger partial charge in [0.05, 0.1) is 23.6 Å². The molecule has 1 saturated carbocycles. The first kappa shape index (κ1) is 18.4. The van der Waals surface area contributed by atoms with Crippen LogP contribution in [-0.4, -0.2) is 33.6 Å². The van der Waals surface area contributed by atoms with Gasteiger partial charge < -0.3 is 16.4 Å². The summed E-state index contributed by atoms with van der Waals surface area (Å²) in [6.45, 7) is 0. The minimum absolute atomic E-state index is 0.200. The van der Waals surface area contributed by atoms with Crippen molar-refractivity contribution in [3.05, 3.63) is 36.2 Å². The van der Waals surface area contributed by atoms with Gasteiger partial charge in [0.15, 0.2) is 5.69 Å². The third-order valence-corrected chi connectivity index (χ3v) is 5.05. The Morgan fingerprint density at radius 2 is 2.10 bits per heavy atom. The molecule has 9 nitrogen and oxygen atoms in total. The summed E-state index contributed by atoms with van der Waals surface area (Å²) in [5, 5.41) is 20.0. The van der Waals surface area contributed by atoms with Crippen molar-refractivity contribution < 1.29 is 9.59 Å². The maximum Gasteiger partial charge on any atom is 0.271 e. The number of nitrogens with two attached hydrogens (primary N) is 1. The molecule has 1 fully saturated rings. The van der Waals surface area contributed by atoms with Crippen molar-refractivity contribution in [2.24, 2.45) is 18.9 Å². The Bertz CT molecular complexity index is 1190. The summed E-state index contributed by atoms with van der Waals surface area (Å²) in [6, 6.07) is 9.24. The number of fused-ring (bicyclic) bond motifs is 1. The van der Waals surface area contributed by atoms with Gasteiger partial charge in [0.1, 0.15) is 5.82 Å². The number of anilines is 2. The van der Waals surface area contributed by atoms with Gasteiger partial charge in [0.25, 0.3) is 5.91 Å². The Morgan fingerprint density at radius 1 is 1.31 bits per heavy atom. The molecule has 9 heteroatoms. The molecule has 0 spiro atoms. The van der Waals surface area contributed by atoms with E-state index in [9.17, 15) is 9.59 Å². The molecule has 2 aromatic heterocycles. The van der Waals surface area contributed by atoms with Gasteiger partial charge in [0.2, 0.25) is 5.91 Å². The molecule has 0 bridgehead atoms. The maximum atomic E-state index is 12.2. The van der Waals surface area contributed by atoms with Crippen LogP contribution in [0.4, 0.5) is 11.5 Å². The number of carbonyl (C=O) groups excluding carboxylic acids is 2. The quantitative estimate of drug-likeness (QED) is 0.580. The molecule has 3 aromatic rings. The molecule has 0 aliphatic heterocycles. The second-order valence-corrected chi connectivity index (χ2v) is 7.04. The predicted octanol–water partition coefficient (Wildman–Crippen LogP) is 1.68. The number of carbonyl (C=O) groups is 2. The molecule has 4 rings (SSSR count). The largest absolute Gasteiger partial charge is 0.398 e. The molecule has 4 N–H and O–H groups in total. The number of benzene rings is 1. The first-order valence-corrected chi connectivity index (χ1v) is 9.07. The fourth-order valence-corrected chi connectivity index (χ4v) is 3.33. The minimum atomic E-state index is -0.273. The van der Waals surface area contributed by atoms with E-state index in [1.807, 2.05) is 6.07 Å². The number of hydrogen-bond donors (Lipinski definition) is 3. The van der Waals surface area contributed by atoms with Crippen LogP contribution in [0.3, 0.4) is 0 Å². The number of aromatic nitrogens is 3. The summed E-state index contributed by atoms with van der Waals surface area (Å²) in [4.78, 5) is 28.3. The standard InChI is InChI=1S/C20H19N7O2/c1-23-20(29)16-7-17(27(2)26-16)11-3-10-6-18(24-9-14(10)15(22)5-11)25-19(28)13-4-12(13)8-21/h3,5-7,9,12-13H,4,22H2,1-2H3,(H,23,29)(H,24,25,28)/t12-,13+/m1/s1. The number of hydrogen-bond acceptors (Lipinski definition) is 6. The molecule has 0 unspecified atom stereocenters. The summed E-state index contributed by atoms with van der Waals surface area (Å²) >= 11 is 0. The Hall–Kier alpha value is -3.93. The van der Waals surface area contributed by atoms with Gasteiger partial charge in [-0.15, -0.1) is 0 Å². The molecular formula is C20H19N7O2. The Morgan fingerprint density at radius 3 is 2.79 bits per heavy atom. The molecular weight excluding hydrogens is 370 g/mol. The summed E-state index contributed by atoms with van der Waals surface area (Å²) in [5.41, 5.74) is 8.56. The van der Waals surface area contributed by atoms with E-state index in [0.717, 1.165) is 22.0 Å². The van der Waals surface area contributed by atoms with Gasteiger partial charge in [-0.2, -0.15) is 10.4 Å². The minimum Gasteiger partial charge on any atom is -0.398 e. The molecule has 1 aromatic carbocycles. The van der Waals surface area contributed by atoms with Crippen LogP contribution in [0, 0.1) is 23.2 Å². The predicted molar refractivity (Wildman–Crippen MR) is 108 cm³/mol. The molecule has 2 atom stereocenters. The first-order chi connectivity index (χ1) is 13.9. The van der Waals surface area contributed by atoms with Crippen molar-refractivity contribution in [3.8, 4) is 17.3 Å². The summed E-state index contributed by atoms with van der Waals surface area (Å²) in [7, 11) is 3.30. The number of nitrogen functional groups attached to an aromatic ring is 1. The number of nitriles is 1. The van der Waals surface area contributed by atoms with Gasteiger partial charge in [-0.05, 0) is 36.1 Å². The van der Waals surface area contributed by atoms with Crippen molar-refractivity contribution >= 4 is 34.1 Å². The van der Waals surface area contributed by atoms with E-state index in [1.165, 1.54) is 0 Å². The number of aryl methyl sites for hydroxylation is 1. The van der Waals surface area contributed by atoms with Crippen molar-refractivity contribution in [1.29, 1.82) is 5.26 Å². The average Bonchev–Trinajstić information content (AvgIpc) is 3.41. The zero-order chi connectivity index (χ0) is 20.7. The van der Waals surface area contributed by atoms with Crippen LogP contribution >= 0.6 is 0 Å². The monoisotopic (exact) mass is 389 g/mol. The Kier molecular flexibility index (Phi) is 4.39. The fourth-order valence-electron chi connectivity index (χ4n) is 3.33. The fraction of sp³-hybridized carbons (Fsp3) is 0.250. The lowest BCUT2D eigenvalue weighted by molar-refractivity contribution is -0.117. The van der Waals surface area contributed by atoms with Crippen LogP contribution < -0.4 is 16.4 Å². The molecule has 29 heavy (non-hydrogen) atoms. The highest BCUT2D eigenvalue weighted by atomic mass is 16.2. The molecule has 146 valence electrons.